The van der Waals surface area contributed by atoms with Gasteiger partial charge in [-0.1, -0.05) is 25.2 Å². The molecule has 1 N–H and O–H groups in total. The molecule has 0 radical (unpaired) electrons. The van der Waals surface area contributed by atoms with E-state index < -0.39 is 0 Å². The van der Waals surface area contributed by atoms with Gasteiger partial charge >= 0.3 is 0 Å². The molecule has 0 saturated carbocycles. The molecule has 0 aliphatic rings. The van der Waals surface area contributed by atoms with Gasteiger partial charge in [0.15, 0.2) is 0 Å². The fourth-order valence-electron chi connectivity index (χ4n) is 1.57. The zero-order valence-electron chi connectivity index (χ0n) is 9.77. The van der Waals surface area contributed by atoms with E-state index in [4.69, 9.17) is 17.0 Å². The molecule has 17 heavy (non-hydrogen) atoms. The molecule has 1 aromatic carbocycles. The van der Waals surface area contributed by atoms with Gasteiger partial charge < -0.3 is 9.72 Å². The van der Waals surface area contributed by atoms with Crippen LogP contribution in [0.25, 0.3) is 11.3 Å². The number of aromatic amines is 1. The van der Waals surface area contributed by atoms with Crippen molar-refractivity contribution in [3.05, 3.63) is 47.1 Å². The van der Waals surface area contributed by atoms with Crippen LogP contribution in [0.2, 0.25) is 0 Å². The second-order valence-electron chi connectivity index (χ2n) is 3.80. The molecule has 0 fully saturated rings. The highest BCUT2D eigenvalue weighted by atomic mass is 32.1. The molecule has 2 rings (SSSR count). The largest absolute Gasteiger partial charge is 0.494 e. The molecule has 1 aromatic heterocycles. The van der Waals surface area contributed by atoms with Gasteiger partial charge in [0.25, 0.3) is 0 Å². The third-order valence-electron chi connectivity index (χ3n) is 2.41. The van der Waals surface area contributed by atoms with Gasteiger partial charge in [0, 0.05) is 5.69 Å². The zero-order valence-corrected chi connectivity index (χ0v) is 10.6. The number of ether oxygens (including phenoxy) is 1. The average Bonchev–Trinajstić information content (AvgIpc) is 2.37. The first-order valence-corrected chi connectivity index (χ1v) is 6.13. The first-order valence-electron chi connectivity index (χ1n) is 5.72. The van der Waals surface area contributed by atoms with Crippen molar-refractivity contribution < 1.29 is 4.74 Å². The van der Waals surface area contributed by atoms with E-state index >= 15 is 0 Å². The number of nitrogens with one attached hydrogen (secondary N) is 1. The van der Waals surface area contributed by atoms with Crippen molar-refractivity contribution in [1.29, 1.82) is 0 Å². The van der Waals surface area contributed by atoms with Crippen molar-refractivity contribution in [2.75, 3.05) is 6.61 Å². The van der Waals surface area contributed by atoms with Crippen LogP contribution < -0.4 is 4.74 Å². The van der Waals surface area contributed by atoms with Gasteiger partial charge in [0.1, 0.15) is 10.4 Å². The Morgan fingerprint density at radius 2 is 1.88 bits per heavy atom. The molecule has 0 aliphatic carbocycles. The van der Waals surface area contributed by atoms with Crippen LogP contribution in [0, 0.1) is 4.64 Å². The van der Waals surface area contributed by atoms with Gasteiger partial charge in [-0.3, -0.25) is 0 Å². The van der Waals surface area contributed by atoms with Gasteiger partial charge in [-0.15, -0.1) is 0 Å². The van der Waals surface area contributed by atoms with Crippen LogP contribution in [0.1, 0.15) is 13.3 Å². The lowest BCUT2D eigenvalue weighted by atomic mass is 10.1. The average molecular weight is 245 g/mol. The summed E-state index contributed by atoms with van der Waals surface area (Å²) in [5.74, 6) is 0.908. The summed E-state index contributed by atoms with van der Waals surface area (Å²) in [6.07, 6.45) is 1.02. The normalized spacial score (nSPS) is 10.2. The van der Waals surface area contributed by atoms with Crippen LogP contribution in [0.15, 0.2) is 42.5 Å². The van der Waals surface area contributed by atoms with Gasteiger partial charge in [0.2, 0.25) is 0 Å². The predicted molar refractivity (Wildman–Crippen MR) is 72.8 cm³/mol. The summed E-state index contributed by atoms with van der Waals surface area (Å²) >= 11 is 5.10. The van der Waals surface area contributed by atoms with E-state index in [-0.39, 0.29) is 0 Å². The number of pyridine rings is 1. The van der Waals surface area contributed by atoms with E-state index in [1.807, 2.05) is 42.5 Å². The quantitative estimate of drug-likeness (QED) is 0.817. The SMILES string of the molecule is CCCOc1ccc(-c2cccc(=S)[nH]2)cc1. The molecule has 2 aromatic rings. The number of H-pyrrole nitrogens is 1. The molecule has 1 heterocycles. The molecule has 2 nitrogen and oxygen atoms in total. The topological polar surface area (TPSA) is 25.0 Å². The van der Waals surface area contributed by atoms with Gasteiger partial charge in [0.05, 0.1) is 6.61 Å². The van der Waals surface area contributed by atoms with E-state index in [0.29, 0.717) is 0 Å². The minimum absolute atomic E-state index is 0.744. The molecular formula is C14H15NOS. The lowest BCUT2D eigenvalue weighted by molar-refractivity contribution is 0.317. The van der Waals surface area contributed by atoms with Crippen LogP contribution in [-0.2, 0) is 0 Å². The Kier molecular flexibility index (Phi) is 3.94. The Labute approximate surface area is 106 Å². The molecule has 0 bridgehead atoms. The zero-order chi connectivity index (χ0) is 12.1. The Balaban J connectivity index is 2.20. The second-order valence-corrected chi connectivity index (χ2v) is 4.24. The molecule has 0 atom stereocenters. The second kappa shape index (κ2) is 5.64. The molecule has 0 unspecified atom stereocenters. The molecule has 0 amide bonds. The minimum Gasteiger partial charge on any atom is -0.494 e. The summed E-state index contributed by atoms with van der Waals surface area (Å²) in [7, 11) is 0. The summed E-state index contributed by atoms with van der Waals surface area (Å²) in [5, 5.41) is 0. The highest BCUT2D eigenvalue weighted by molar-refractivity contribution is 7.71. The first kappa shape index (κ1) is 11.9. The van der Waals surface area contributed by atoms with Crippen molar-refractivity contribution in [3.8, 4) is 17.0 Å². The van der Waals surface area contributed by atoms with Crippen molar-refractivity contribution in [2.24, 2.45) is 0 Å². The van der Waals surface area contributed by atoms with Gasteiger partial charge in [-0.05, 0) is 48.4 Å². The maximum atomic E-state index is 5.54. The van der Waals surface area contributed by atoms with Crippen molar-refractivity contribution >= 4 is 12.2 Å². The third-order valence-corrected chi connectivity index (χ3v) is 2.64. The maximum Gasteiger partial charge on any atom is 0.119 e. The van der Waals surface area contributed by atoms with Crippen LogP contribution in [0.3, 0.4) is 0 Å². The fraction of sp³-hybridized carbons (Fsp3) is 0.214. The number of hydrogen-bond donors (Lipinski definition) is 1. The van der Waals surface area contributed by atoms with Gasteiger partial charge in [-0.2, -0.15) is 0 Å². The molecule has 88 valence electrons. The third kappa shape index (κ3) is 3.17. The number of hydrogen-bond acceptors (Lipinski definition) is 2. The summed E-state index contributed by atoms with van der Waals surface area (Å²) in [5.41, 5.74) is 2.14. The van der Waals surface area contributed by atoms with Crippen LogP contribution in [-0.4, -0.2) is 11.6 Å². The predicted octanol–water partition coefficient (Wildman–Crippen LogP) is 4.20. The number of benzene rings is 1. The first-order chi connectivity index (χ1) is 8.29. The van der Waals surface area contributed by atoms with E-state index in [0.717, 1.165) is 34.7 Å². The molecule has 0 saturated heterocycles. The fourth-order valence-corrected chi connectivity index (χ4v) is 1.76. The van der Waals surface area contributed by atoms with E-state index in [1.54, 1.807) is 0 Å². The Morgan fingerprint density at radius 3 is 2.53 bits per heavy atom. The van der Waals surface area contributed by atoms with Crippen molar-refractivity contribution in [3.63, 3.8) is 0 Å². The molecule has 3 heteroatoms. The standard InChI is InChI=1S/C14H15NOS/c1-2-10-16-12-8-6-11(7-9-12)13-4-3-5-14(17)15-13/h3-9H,2,10H2,1H3,(H,15,17). The lowest BCUT2D eigenvalue weighted by Gasteiger charge is -2.06. The van der Waals surface area contributed by atoms with Crippen molar-refractivity contribution in [2.45, 2.75) is 13.3 Å². The molecule has 0 spiro atoms. The lowest BCUT2D eigenvalue weighted by Crippen LogP contribution is -1.94. The molecular weight excluding hydrogens is 230 g/mol. The number of rotatable bonds is 4. The van der Waals surface area contributed by atoms with Crippen LogP contribution in [0.4, 0.5) is 0 Å². The van der Waals surface area contributed by atoms with Crippen LogP contribution >= 0.6 is 12.2 Å². The summed E-state index contributed by atoms with van der Waals surface area (Å²) in [6, 6.07) is 13.9. The monoisotopic (exact) mass is 245 g/mol. The number of aromatic nitrogens is 1. The molecule has 0 aliphatic heterocycles. The minimum atomic E-state index is 0.744. The Bertz CT molecular complexity index is 530. The summed E-state index contributed by atoms with van der Waals surface area (Å²) in [6.45, 7) is 2.85. The summed E-state index contributed by atoms with van der Waals surface area (Å²) in [4.78, 5) is 3.16. The Hall–Kier alpha value is -1.61. The van der Waals surface area contributed by atoms with Crippen LogP contribution in [0.5, 0.6) is 5.75 Å². The van der Waals surface area contributed by atoms with Crippen molar-refractivity contribution in [1.82, 2.24) is 4.98 Å². The summed E-state index contributed by atoms with van der Waals surface area (Å²) < 4.78 is 6.28. The van der Waals surface area contributed by atoms with E-state index in [1.165, 1.54) is 0 Å². The van der Waals surface area contributed by atoms with E-state index in [9.17, 15) is 0 Å². The Morgan fingerprint density at radius 1 is 1.12 bits per heavy atom. The maximum absolute atomic E-state index is 5.54. The highest BCUT2D eigenvalue weighted by Crippen LogP contribution is 2.20. The van der Waals surface area contributed by atoms with E-state index in [2.05, 4.69) is 11.9 Å². The van der Waals surface area contributed by atoms with Gasteiger partial charge in [-0.25, -0.2) is 0 Å². The highest BCUT2D eigenvalue weighted by Gasteiger charge is 1.98. The smallest absolute Gasteiger partial charge is 0.119 e.